The van der Waals surface area contributed by atoms with Gasteiger partial charge in [0, 0.05) is 17.1 Å². The molecular weight excluding hydrogens is 309 g/mol. The summed E-state index contributed by atoms with van der Waals surface area (Å²) in [5.41, 5.74) is -0.312. The highest BCUT2D eigenvalue weighted by Gasteiger charge is 2.18. The zero-order chi connectivity index (χ0) is 14.7. The summed E-state index contributed by atoms with van der Waals surface area (Å²) in [6.07, 6.45) is 1.59. The molecule has 0 radical (unpaired) electrons. The zero-order valence-electron chi connectivity index (χ0n) is 10.2. The van der Waals surface area contributed by atoms with E-state index in [1.54, 1.807) is 6.20 Å². The minimum Gasteiger partial charge on any atom is -0.494 e. The molecule has 0 aliphatic carbocycles. The van der Waals surface area contributed by atoms with Gasteiger partial charge in [-0.2, -0.15) is 4.39 Å². The Labute approximate surface area is 122 Å². The molecule has 2 rings (SSSR count). The number of aromatic nitrogens is 1. The predicted octanol–water partition coefficient (Wildman–Crippen LogP) is 3.46. The van der Waals surface area contributed by atoms with Gasteiger partial charge in [0.25, 0.3) is 0 Å². The van der Waals surface area contributed by atoms with Crippen LogP contribution in [0.1, 0.15) is 4.88 Å². The second-order valence-electron chi connectivity index (χ2n) is 3.69. The number of benzene rings is 1. The quantitative estimate of drug-likeness (QED) is 0.675. The molecule has 0 aliphatic heterocycles. The number of ether oxygens (including phenoxy) is 1. The van der Waals surface area contributed by atoms with Crippen LogP contribution < -0.4 is 10.1 Å². The van der Waals surface area contributed by atoms with E-state index < -0.39 is 16.4 Å². The maximum Gasteiger partial charge on any atom is 0.308 e. The lowest BCUT2D eigenvalue weighted by atomic mass is 10.2. The number of hydrogen-bond acceptors (Lipinski definition) is 6. The zero-order valence-corrected chi connectivity index (χ0v) is 11.8. The number of nitrogens with one attached hydrogen (secondary N) is 1. The van der Waals surface area contributed by atoms with E-state index in [1.807, 2.05) is 0 Å². The van der Waals surface area contributed by atoms with Gasteiger partial charge in [-0.05, 0) is 0 Å². The highest BCUT2D eigenvalue weighted by molar-refractivity contribution is 7.15. The molecule has 1 heterocycles. The Kier molecular flexibility index (Phi) is 4.35. The van der Waals surface area contributed by atoms with Gasteiger partial charge in [-0.25, -0.2) is 4.98 Å². The number of thiazole rings is 1. The first-order chi connectivity index (χ1) is 9.51. The SMILES string of the molecule is COc1cc([N+](=O)[O-])c(F)cc1NCc1cnc(Cl)s1. The van der Waals surface area contributed by atoms with Crippen molar-refractivity contribution in [3.63, 3.8) is 0 Å². The summed E-state index contributed by atoms with van der Waals surface area (Å²) in [6.45, 7) is 0.359. The van der Waals surface area contributed by atoms with Crippen LogP contribution in [0.4, 0.5) is 15.8 Å². The van der Waals surface area contributed by atoms with Crippen molar-refractivity contribution in [3.05, 3.63) is 43.6 Å². The summed E-state index contributed by atoms with van der Waals surface area (Å²) in [6, 6.07) is 2.07. The highest BCUT2D eigenvalue weighted by Crippen LogP contribution is 2.32. The van der Waals surface area contributed by atoms with Gasteiger partial charge in [0.15, 0.2) is 4.47 Å². The van der Waals surface area contributed by atoms with Crippen LogP contribution in [0.2, 0.25) is 4.47 Å². The lowest BCUT2D eigenvalue weighted by Crippen LogP contribution is -2.02. The monoisotopic (exact) mass is 317 g/mol. The third-order valence-corrected chi connectivity index (χ3v) is 3.56. The van der Waals surface area contributed by atoms with E-state index in [1.165, 1.54) is 18.4 Å². The number of hydrogen-bond donors (Lipinski definition) is 1. The van der Waals surface area contributed by atoms with Crippen molar-refractivity contribution < 1.29 is 14.1 Å². The van der Waals surface area contributed by atoms with E-state index in [0.717, 1.165) is 17.0 Å². The van der Waals surface area contributed by atoms with E-state index in [2.05, 4.69) is 10.3 Å². The van der Waals surface area contributed by atoms with Crippen molar-refractivity contribution in [2.45, 2.75) is 6.54 Å². The van der Waals surface area contributed by atoms with Gasteiger partial charge in [0.1, 0.15) is 5.75 Å². The summed E-state index contributed by atoms with van der Waals surface area (Å²) >= 11 is 6.98. The number of rotatable bonds is 5. The Morgan fingerprint density at radius 2 is 2.35 bits per heavy atom. The molecule has 0 unspecified atom stereocenters. The number of anilines is 1. The number of halogens is 2. The van der Waals surface area contributed by atoms with Crippen LogP contribution in [0.15, 0.2) is 18.3 Å². The molecule has 0 bridgehead atoms. The molecule has 1 N–H and O–H groups in total. The minimum atomic E-state index is -0.930. The second-order valence-corrected chi connectivity index (χ2v) is 5.39. The molecule has 1 aromatic heterocycles. The Morgan fingerprint density at radius 1 is 1.60 bits per heavy atom. The molecule has 0 spiro atoms. The third-order valence-electron chi connectivity index (χ3n) is 2.44. The van der Waals surface area contributed by atoms with Crippen molar-refractivity contribution in [2.24, 2.45) is 0 Å². The topological polar surface area (TPSA) is 77.3 Å². The van der Waals surface area contributed by atoms with Gasteiger partial charge in [-0.1, -0.05) is 11.6 Å². The molecule has 9 heteroatoms. The molecule has 0 aliphatic rings. The van der Waals surface area contributed by atoms with Gasteiger partial charge >= 0.3 is 5.69 Å². The van der Waals surface area contributed by atoms with E-state index in [4.69, 9.17) is 16.3 Å². The Morgan fingerprint density at radius 3 is 2.90 bits per heavy atom. The first kappa shape index (κ1) is 14.5. The summed E-state index contributed by atoms with van der Waals surface area (Å²) in [7, 11) is 1.35. The summed E-state index contributed by atoms with van der Waals surface area (Å²) in [4.78, 5) is 14.6. The van der Waals surface area contributed by atoms with Crippen molar-refractivity contribution in [2.75, 3.05) is 12.4 Å². The Balaban J connectivity index is 2.22. The van der Waals surface area contributed by atoms with Crippen molar-refractivity contribution in [1.29, 1.82) is 0 Å². The normalized spacial score (nSPS) is 10.3. The average Bonchev–Trinajstić information content (AvgIpc) is 2.81. The van der Waals surface area contributed by atoms with Gasteiger partial charge in [-0.3, -0.25) is 10.1 Å². The fourth-order valence-corrected chi connectivity index (χ4v) is 2.45. The maximum atomic E-state index is 13.6. The van der Waals surface area contributed by atoms with E-state index in [0.29, 0.717) is 16.7 Å². The highest BCUT2D eigenvalue weighted by atomic mass is 35.5. The van der Waals surface area contributed by atoms with Crippen LogP contribution in [0.3, 0.4) is 0 Å². The van der Waals surface area contributed by atoms with Crippen molar-refractivity contribution in [1.82, 2.24) is 4.98 Å². The molecule has 2 aromatic rings. The third kappa shape index (κ3) is 3.14. The smallest absolute Gasteiger partial charge is 0.308 e. The molecule has 0 saturated heterocycles. The lowest BCUT2D eigenvalue weighted by molar-refractivity contribution is -0.387. The Bertz CT molecular complexity index is 650. The lowest BCUT2D eigenvalue weighted by Gasteiger charge is -2.10. The van der Waals surface area contributed by atoms with Crippen LogP contribution in [0, 0.1) is 15.9 Å². The summed E-state index contributed by atoms with van der Waals surface area (Å²) < 4.78 is 19.0. The largest absolute Gasteiger partial charge is 0.494 e. The fraction of sp³-hybridized carbons (Fsp3) is 0.182. The number of methoxy groups -OCH3 is 1. The Hall–Kier alpha value is -1.93. The maximum absolute atomic E-state index is 13.6. The first-order valence-electron chi connectivity index (χ1n) is 5.37. The van der Waals surface area contributed by atoms with E-state index >= 15 is 0 Å². The number of nitro benzene ring substituents is 1. The van der Waals surface area contributed by atoms with Crippen LogP contribution in [-0.4, -0.2) is 17.0 Å². The van der Waals surface area contributed by atoms with E-state index in [9.17, 15) is 14.5 Å². The molecule has 0 fully saturated rings. The fourth-order valence-electron chi connectivity index (χ4n) is 1.54. The van der Waals surface area contributed by atoms with Gasteiger partial charge < -0.3 is 10.1 Å². The molecule has 1 aromatic carbocycles. The van der Waals surface area contributed by atoms with Gasteiger partial charge in [0.05, 0.1) is 30.3 Å². The van der Waals surface area contributed by atoms with Crippen LogP contribution in [0.5, 0.6) is 5.75 Å². The van der Waals surface area contributed by atoms with Crippen LogP contribution >= 0.6 is 22.9 Å². The molecule has 0 amide bonds. The molecule has 6 nitrogen and oxygen atoms in total. The number of nitrogens with zero attached hydrogens (tertiary/aromatic N) is 2. The molecule has 106 valence electrons. The number of nitro groups is 1. The van der Waals surface area contributed by atoms with Crippen molar-refractivity contribution >= 4 is 34.3 Å². The second kappa shape index (κ2) is 6.02. The molecule has 0 atom stereocenters. The first-order valence-corrected chi connectivity index (χ1v) is 6.56. The van der Waals surface area contributed by atoms with E-state index in [-0.39, 0.29) is 5.75 Å². The molecule has 0 saturated carbocycles. The standard InChI is InChI=1S/C11H9ClFN3O3S/c1-19-10-3-9(16(17)18)7(13)2-8(10)14-4-6-5-15-11(12)20-6/h2-3,5,14H,4H2,1H3. The van der Waals surface area contributed by atoms with Crippen LogP contribution in [0.25, 0.3) is 0 Å². The minimum absolute atomic E-state index is 0.189. The van der Waals surface area contributed by atoms with Gasteiger partial charge in [-0.15, -0.1) is 11.3 Å². The average molecular weight is 318 g/mol. The molecule has 20 heavy (non-hydrogen) atoms. The molecular formula is C11H9ClFN3O3S. The summed E-state index contributed by atoms with van der Waals surface area (Å²) in [5, 5.41) is 13.6. The van der Waals surface area contributed by atoms with Crippen LogP contribution in [-0.2, 0) is 6.54 Å². The summed E-state index contributed by atoms with van der Waals surface area (Å²) in [5.74, 6) is -0.741. The van der Waals surface area contributed by atoms with Crippen molar-refractivity contribution in [3.8, 4) is 5.75 Å². The van der Waals surface area contributed by atoms with Gasteiger partial charge in [0.2, 0.25) is 5.82 Å². The predicted molar refractivity (Wildman–Crippen MR) is 74.1 cm³/mol.